The Bertz CT molecular complexity index is 488. The molecule has 1 N–H and O–H groups in total. The summed E-state index contributed by atoms with van der Waals surface area (Å²) in [5.74, 6) is 0.837. The number of thiophene rings is 1. The average molecular weight is 326 g/mol. The number of carbonyl (C=O) groups excluding carboxylic acids is 2. The largest absolute Gasteiger partial charge is 0.355 e. The fourth-order valence-corrected chi connectivity index (χ4v) is 4.51. The van der Waals surface area contributed by atoms with E-state index in [1.807, 2.05) is 18.4 Å². The Morgan fingerprint density at radius 3 is 2.86 bits per heavy atom. The fraction of sp³-hybridized carbons (Fsp3) is 0.600. The number of likely N-dealkylation sites (N-methyl/N-ethyl adjacent to an activating group) is 1. The molecule has 1 aromatic heterocycles. The summed E-state index contributed by atoms with van der Waals surface area (Å²) < 4.78 is 0. The van der Waals surface area contributed by atoms with Gasteiger partial charge >= 0.3 is 0 Å². The quantitative estimate of drug-likeness (QED) is 0.874. The molecular weight excluding hydrogens is 304 g/mol. The van der Waals surface area contributed by atoms with Crippen molar-refractivity contribution in [1.82, 2.24) is 10.2 Å². The molecule has 0 saturated carbocycles. The predicted octanol–water partition coefficient (Wildman–Crippen LogP) is 2.87. The Hall–Kier alpha value is -1.01. The first-order chi connectivity index (χ1) is 10.0. The smallest absolute Gasteiger partial charge is 0.242 e. The van der Waals surface area contributed by atoms with Gasteiger partial charge < -0.3 is 10.2 Å². The van der Waals surface area contributed by atoms with Crippen molar-refractivity contribution in [2.75, 3.05) is 12.3 Å². The molecule has 0 aromatic carbocycles. The summed E-state index contributed by atoms with van der Waals surface area (Å²) in [6.07, 6.45) is 0.693. The zero-order valence-corrected chi connectivity index (χ0v) is 14.3. The Kier molecular flexibility index (Phi) is 5.70. The van der Waals surface area contributed by atoms with Crippen LogP contribution in [0, 0.1) is 5.92 Å². The molecule has 2 atom stereocenters. The summed E-state index contributed by atoms with van der Waals surface area (Å²) in [6.45, 7) is 6.66. The van der Waals surface area contributed by atoms with Crippen LogP contribution in [0.15, 0.2) is 16.8 Å². The normalized spacial score (nSPS) is 20.1. The number of hydrogen-bond donors (Lipinski definition) is 1. The van der Waals surface area contributed by atoms with Crippen molar-refractivity contribution in [3.05, 3.63) is 22.4 Å². The molecule has 0 unspecified atom stereocenters. The highest BCUT2D eigenvalue weighted by atomic mass is 32.2. The summed E-state index contributed by atoms with van der Waals surface area (Å²) >= 11 is 3.23. The molecule has 0 aliphatic carbocycles. The van der Waals surface area contributed by atoms with Gasteiger partial charge in [-0.2, -0.15) is 11.3 Å². The second-order valence-electron chi connectivity index (χ2n) is 5.56. The number of nitrogens with zero attached hydrogens (tertiary/aromatic N) is 1. The van der Waals surface area contributed by atoms with E-state index >= 15 is 0 Å². The summed E-state index contributed by atoms with van der Waals surface area (Å²) in [6, 6.07) is 1.66. The molecule has 0 spiro atoms. The molecule has 1 aromatic rings. The number of hydrogen-bond acceptors (Lipinski definition) is 4. The summed E-state index contributed by atoms with van der Waals surface area (Å²) in [7, 11) is 0. The Morgan fingerprint density at radius 2 is 2.29 bits per heavy atom. The van der Waals surface area contributed by atoms with Crippen molar-refractivity contribution in [1.29, 1.82) is 0 Å². The third-order valence-electron chi connectivity index (χ3n) is 3.42. The summed E-state index contributed by atoms with van der Waals surface area (Å²) in [5.41, 5.74) is 1.12. The monoisotopic (exact) mass is 326 g/mol. The Morgan fingerprint density at radius 1 is 1.52 bits per heavy atom. The molecule has 2 rings (SSSR count). The van der Waals surface area contributed by atoms with E-state index in [-0.39, 0.29) is 23.2 Å². The van der Waals surface area contributed by atoms with Gasteiger partial charge in [-0.15, -0.1) is 11.8 Å². The van der Waals surface area contributed by atoms with Gasteiger partial charge in [-0.05, 0) is 41.7 Å². The molecular formula is C15H22N2O2S2. The van der Waals surface area contributed by atoms with Gasteiger partial charge in [0.15, 0.2) is 0 Å². The lowest BCUT2D eigenvalue weighted by Crippen LogP contribution is -2.49. The highest BCUT2D eigenvalue weighted by Crippen LogP contribution is 2.41. The second-order valence-corrected chi connectivity index (χ2v) is 7.41. The average Bonchev–Trinajstić information content (AvgIpc) is 3.05. The minimum Gasteiger partial charge on any atom is -0.355 e. The van der Waals surface area contributed by atoms with Gasteiger partial charge in [-0.3, -0.25) is 9.59 Å². The van der Waals surface area contributed by atoms with E-state index in [1.54, 1.807) is 28.0 Å². The van der Waals surface area contributed by atoms with Crippen LogP contribution in [0.1, 0.15) is 38.1 Å². The van der Waals surface area contributed by atoms with Crippen LogP contribution in [-0.4, -0.2) is 35.1 Å². The number of nitrogens with one attached hydrogen (secondary N) is 1. The molecule has 116 valence electrons. The van der Waals surface area contributed by atoms with Crippen LogP contribution in [0.5, 0.6) is 0 Å². The van der Waals surface area contributed by atoms with Crippen LogP contribution < -0.4 is 5.32 Å². The van der Waals surface area contributed by atoms with Gasteiger partial charge in [0.1, 0.15) is 11.4 Å². The highest BCUT2D eigenvalue weighted by Gasteiger charge is 2.40. The Labute approximate surface area is 134 Å². The molecule has 2 amide bonds. The van der Waals surface area contributed by atoms with E-state index in [0.717, 1.165) is 5.56 Å². The first kappa shape index (κ1) is 16.4. The number of carbonyl (C=O) groups is 2. The van der Waals surface area contributed by atoms with Gasteiger partial charge in [0.05, 0.1) is 5.75 Å². The van der Waals surface area contributed by atoms with Crippen LogP contribution >= 0.6 is 23.1 Å². The standard InChI is InChI=1S/C15H22N2O2S2/c1-4-16-14(19)12(7-10(2)3)17-13(18)9-21-15(17)11-5-6-20-8-11/h5-6,8,10,12,15H,4,7,9H2,1-3H3,(H,16,19)/t12-,15+/m1/s1. The van der Waals surface area contributed by atoms with Crippen LogP contribution in [0.4, 0.5) is 0 Å². The highest BCUT2D eigenvalue weighted by molar-refractivity contribution is 8.00. The summed E-state index contributed by atoms with van der Waals surface area (Å²) in [4.78, 5) is 26.5. The van der Waals surface area contributed by atoms with E-state index in [2.05, 4.69) is 24.5 Å². The van der Waals surface area contributed by atoms with Gasteiger partial charge in [0.2, 0.25) is 11.8 Å². The van der Waals surface area contributed by atoms with E-state index in [0.29, 0.717) is 24.6 Å². The van der Waals surface area contributed by atoms with E-state index in [4.69, 9.17) is 0 Å². The summed E-state index contributed by atoms with van der Waals surface area (Å²) in [5, 5.41) is 6.92. The van der Waals surface area contributed by atoms with E-state index in [9.17, 15) is 9.59 Å². The molecule has 0 bridgehead atoms. The van der Waals surface area contributed by atoms with Crippen molar-refractivity contribution >= 4 is 34.9 Å². The van der Waals surface area contributed by atoms with Crippen molar-refractivity contribution in [3.63, 3.8) is 0 Å². The van der Waals surface area contributed by atoms with Gasteiger partial charge in [0, 0.05) is 6.54 Å². The second kappa shape index (κ2) is 7.31. The first-order valence-corrected chi connectivity index (χ1v) is 9.26. The fourth-order valence-electron chi connectivity index (χ4n) is 2.53. The molecule has 0 radical (unpaired) electrons. The minimum absolute atomic E-state index is 0.0323. The van der Waals surface area contributed by atoms with Crippen molar-refractivity contribution in [2.45, 2.75) is 38.6 Å². The van der Waals surface area contributed by atoms with Crippen molar-refractivity contribution in [2.24, 2.45) is 5.92 Å². The number of rotatable bonds is 6. The maximum Gasteiger partial charge on any atom is 0.242 e. The molecule has 21 heavy (non-hydrogen) atoms. The lowest BCUT2D eigenvalue weighted by atomic mass is 10.0. The third kappa shape index (κ3) is 3.80. The predicted molar refractivity (Wildman–Crippen MR) is 88.3 cm³/mol. The van der Waals surface area contributed by atoms with E-state index in [1.165, 1.54) is 0 Å². The Balaban J connectivity index is 2.26. The van der Waals surface area contributed by atoms with Gasteiger partial charge in [-0.1, -0.05) is 13.8 Å². The van der Waals surface area contributed by atoms with Crippen LogP contribution in [-0.2, 0) is 9.59 Å². The van der Waals surface area contributed by atoms with Gasteiger partial charge in [-0.25, -0.2) is 0 Å². The zero-order chi connectivity index (χ0) is 15.4. The third-order valence-corrected chi connectivity index (χ3v) is 5.35. The molecule has 4 nitrogen and oxygen atoms in total. The number of amides is 2. The topological polar surface area (TPSA) is 49.4 Å². The lowest BCUT2D eigenvalue weighted by Gasteiger charge is -2.32. The van der Waals surface area contributed by atoms with Gasteiger partial charge in [0.25, 0.3) is 0 Å². The van der Waals surface area contributed by atoms with Crippen LogP contribution in [0.2, 0.25) is 0 Å². The molecule has 1 saturated heterocycles. The SMILES string of the molecule is CCNC(=O)[C@@H](CC(C)C)N1C(=O)CS[C@H]1c1ccsc1. The minimum atomic E-state index is -0.377. The molecule has 2 heterocycles. The maximum absolute atomic E-state index is 12.4. The molecule has 1 aliphatic rings. The number of thioether (sulfide) groups is 1. The zero-order valence-electron chi connectivity index (χ0n) is 12.7. The lowest BCUT2D eigenvalue weighted by molar-refractivity contribution is -0.139. The first-order valence-electron chi connectivity index (χ1n) is 7.27. The maximum atomic E-state index is 12.4. The van der Waals surface area contributed by atoms with Crippen molar-refractivity contribution < 1.29 is 9.59 Å². The van der Waals surface area contributed by atoms with Crippen LogP contribution in [0.25, 0.3) is 0 Å². The van der Waals surface area contributed by atoms with Crippen molar-refractivity contribution in [3.8, 4) is 0 Å². The van der Waals surface area contributed by atoms with E-state index < -0.39 is 0 Å². The molecule has 1 fully saturated rings. The molecule has 1 aliphatic heterocycles. The van der Waals surface area contributed by atoms with Crippen LogP contribution in [0.3, 0.4) is 0 Å². The molecule has 6 heteroatoms.